The van der Waals surface area contributed by atoms with E-state index in [-0.39, 0.29) is 17.5 Å². The summed E-state index contributed by atoms with van der Waals surface area (Å²) in [5.74, 6) is -3.22. The van der Waals surface area contributed by atoms with Gasteiger partial charge in [0, 0.05) is 32.6 Å². The molecule has 12 nitrogen and oxygen atoms in total. The van der Waals surface area contributed by atoms with Gasteiger partial charge in [-0.2, -0.15) is 0 Å². The van der Waals surface area contributed by atoms with E-state index in [0.717, 1.165) is 43.0 Å². The fraction of sp³-hybridized carbons (Fsp3) is 0.379. The molecule has 0 unspecified atom stereocenters. The summed E-state index contributed by atoms with van der Waals surface area (Å²) in [5, 5.41) is 2.07. The van der Waals surface area contributed by atoms with Crippen molar-refractivity contribution < 1.29 is 47.7 Å². The van der Waals surface area contributed by atoms with Crippen LogP contribution in [0.2, 0.25) is 0 Å². The molecule has 14 heteroatoms. The van der Waals surface area contributed by atoms with Crippen LogP contribution in [0.4, 0.5) is 5.69 Å². The zero-order chi connectivity index (χ0) is 31.3. The molecule has 0 bridgehead atoms. The van der Waals surface area contributed by atoms with Gasteiger partial charge in [-0.3, -0.25) is 28.9 Å². The topological polar surface area (TPSA) is 147 Å². The van der Waals surface area contributed by atoms with Crippen LogP contribution in [0.15, 0.2) is 52.5 Å². The Bertz CT molecular complexity index is 1440. The molecule has 2 aliphatic heterocycles. The second-order valence-electron chi connectivity index (χ2n) is 9.60. The van der Waals surface area contributed by atoms with Crippen LogP contribution in [0.1, 0.15) is 38.1 Å². The van der Waals surface area contributed by atoms with Crippen molar-refractivity contribution in [3.05, 3.63) is 57.9 Å². The average molecular weight is 631 g/mol. The molecule has 1 aromatic carbocycles. The number of hydrogen-bond donors (Lipinski definition) is 0. The summed E-state index contributed by atoms with van der Waals surface area (Å²) in [7, 11) is 0. The molecular weight excluding hydrogens is 600 g/mol. The minimum absolute atomic E-state index is 0.163. The highest BCUT2D eigenvalue weighted by atomic mass is 32.2. The molecule has 3 heterocycles. The van der Waals surface area contributed by atoms with E-state index in [0.29, 0.717) is 5.69 Å². The predicted molar refractivity (Wildman–Crippen MR) is 158 cm³/mol. The maximum absolute atomic E-state index is 13.7. The van der Waals surface area contributed by atoms with E-state index < -0.39 is 59.6 Å². The Morgan fingerprint density at radius 2 is 1.56 bits per heavy atom. The number of aryl methyl sites for hydroxylation is 1. The number of ether oxygens (including phenoxy) is 5. The van der Waals surface area contributed by atoms with Gasteiger partial charge in [-0.25, -0.2) is 4.99 Å². The number of aliphatic imine (C=N–C) groups is 1. The molecule has 2 aromatic rings. The highest BCUT2D eigenvalue weighted by Crippen LogP contribution is 2.39. The Morgan fingerprint density at radius 1 is 0.930 bits per heavy atom. The van der Waals surface area contributed by atoms with Crippen molar-refractivity contribution in [2.75, 3.05) is 11.5 Å². The van der Waals surface area contributed by atoms with E-state index in [2.05, 4.69) is 4.99 Å². The van der Waals surface area contributed by atoms with Crippen molar-refractivity contribution in [2.24, 2.45) is 4.99 Å². The number of esters is 4. The van der Waals surface area contributed by atoms with E-state index in [1.165, 1.54) is 23.2 Å². The van der Waals surface area contributed by atoms with Crippen LogP contribution in [0.25, 0.3) is 6.08 Å². The lowest BCUT2D eigenvalue weighted by molar-refractivity contribution is -0.237. The minimum Gasteiger partial charge on any atom is -0.463 e. The number of carbonyl (C=O) groups is 5. The van der Waals surface area contributed by atoms with Crippen LogP contribution >= 0.6 is 23.1 Å². The van der Waals surface area contributed by atoms with Gasteiger partial charge in [-0.15, -0.1) is 11.3 Å². The Hall–Kier alpha value is -4.01. The van der Waals surface area contributed by atoms with E-state index in [9.17, 15) is 24.0 Å². The molecule has 1 saturated heterocycles. The molecule has 0 saturated carbocycles. The smallest absolute Gasteiger partial charge is 0.303 e. The molecular formula is C29H30N2O10S2. The standard InChI is InChI=1S/C29H30N2O10S2/c1-15-8-10-20(11-9-15)31-27(36)22(13-21-7-6-12-42-21)30-29(31)43-28-26(40-19(5)35)25(39-18(4)34)24(38-17(3)33)23(41-28)14-37-16(2)32/h6-13,23-26,28H,14H2,1-5H3/b22-13-/t23-,24+,25+,26+,28-/m0/s1. The van der Waals surface area contributed by atoms with Gasteiger partial charge in [0.2, 0.25) is 0 Å². The molecule has 1 fully saturated rings. The average Bonchev–Trinajstić information content (AvgIpc) is 3.54. The summed E-state index contributed by atoms with van der Waals surface area (Å²) < 4.78 is 27.9. The zero-order valence-corrected chi connectivity index (χ0v) is 25.6. The lowest BCUT2D eigenvalue weighted by Gasteiger charge is -2.44. The number of nitrogens with zero attached hydrogens (tertiary/aromatic N) is 2. The van der Waals surface area contributed by atoms with Crippen LogP contribution < -0.4 is 4.90 Å². The molecule has 0 spiro atoms. The lowest BCUT2D eigenvalue weighted by Crippen LogP contribution is -2.61. The summed E-state index contributed by atoms with van der Waals surface area (Å²) in [5.41, 5.74) is 0.523. The van der Waals surface area contributed by atoms with E-state index >= 15 is 0 Å². The Balaban J connectivity index is 1.78. The van der Waals surface area contributed by atoms with E-state index in [4.69, 9.17) is 23.7 Å². The first-order chi connectivity index (χ1) is 20.4. The van der Waals surface area contributed by atoms with Gasteiger partial charge in [0.25, 0.3) is 5.91 Å². The largest absolute Gasteiger partial charge is 0.463 e. The van der Waals surface area contributed by atoms with Gasteiger partial charge >= 0.3 is 23.9 Å². The zero-order valence-electron chi connectivity index (χ0n) is 24.0. The van der Waals surface area contributed by atoms with Crippen molar-refractivity contribution in [3.8, 4) is 0 Å². The Kier molecular flexibility index (Phi) is 10.4. The normalized spacial score (nSPS) is 24.3. The summed E-state index contributed by atoms with van der Waals surface area (Å²) in [4.78, 5) is 68.6. The summed E-state index contributed by atoms with van der Waals surface area (Å²) in [6.07, 6.45) is -3.42. The SMILES string of the molecule is CC(=O)OC[C@@H]1O[C@@H](SC2=N/C(=C\c3cccs3)C(=O)N2c2ccc(C)cc2)[C@H](OC(C)=O)[C@H](OC(C)=O)[C@@H]1OC(C)=O. The molecule has 5 atom stereocenters. The number of amides is 1. The molecule has 1 amide bonds. The van der Waals surface area contributed by atoms with Gasteiger partial charge in [0.05, 0.1) is 5.69 Å². The molecule has 43 heavy (non-hydrogen) atoms. The second-order valence-corrected chi connectivity index (χ2v) is 11.6. The molecule has 4 rings (SSSR count). The van der Waals surface area contributed by atoms with Gasteiger partial charge in [-0.1, -0.05) is 35.5 Å². The first kappa shape index (κ1) is 31.9. The summed E-state index contributed by atoms with van der Waals surface area (Å²) in [6.45, 7) is 6.20. The van der Waals surface area contributed by atoms with Gasteiger partial charge in [-0.05, 0) is 36.6 Å². The number of rotatable bonds is 8. The van der Waals surface area contributed by atoms with Crippen LogP contribution in [0.3, 0.4) is 0 Å². The lowest BCUT2D eigenvalue weighted by atomic mass is 9.99. The molecule has 0 radical (unpaired) electrons. The van der Waals surface area contributed by atoms with Crippen molar-refractivity contribution in [1.82, 2.24) is 0 Å². The van der Waals surface area contributed by atoms with Crippen molar-refractivity contribution >= 4 is 69.8 Å². The Labute approximate surface area is 256 Å². The van der Waals surface area contributed by atoms with Crippen LogP contribution in [-0.2, 0) is 47.7 Å². The number of hydrogen-bond acceptors (Lipinski definition) is 13. The van der Waals surface area contributed by atoms with Crippen LogP contribution in [0, 0.1) is 6.92 Å². The van der Waals surface area contributed by atoms with E-state index in [1.54, 1.807) is 18.2 Å². The fourth-order valence-corrected chi connectivity index (χ4v) is 6.24. The second kappa shape index (κ2) is 14.0. The van der Waals surface area contributed by atoms with Gasteiger partial charge in [0.15, 0.2) is 28.9 Å². The monoisotopic (exact) mass is 630 g/mol. The van der Waals surface area contributed by atoms with Crippen molar-refractivity contribution in [2.45, 2.75) is 64.5 Å². The number of anilines is 1. The fourth-order valence-electron chi connectivity index (χ4n) is 4.39. The van der Waals surface area contributed by atoms with Crippen molar-refractivity contribution in [1.29, 1.82) is 0 Å². The molecule has 2 aliphatic rings. The third-order valence-electron chi connectivity index (χ3n) is 6.11. The molecule has 0 N–H and O–H groups in total. The third kappa shape index (κ3) is 8.09. The highest BCUT2D eigenvalue weighted by Gasteiger charge is 2.53. The predicted octanol–water partition coefficient (Wildman–Crippen LogP) is 3.62. The van der Waals surface area contributed by atoms with Gasteiger partial charge < -0.3 is 23.7 Å². The number of benzene rings is 1. The number of thioether (sulfide) groups is 1. The Morgan fingerprint density at radius 3 is 2.14 bits per heavy atom. The van der Waals surface area contributed by atoms with E-state index in [1.807, 2.05) is 36.6 Å². The van der Waals surface area contributed by atoms with Gasteiger partial charge in [0.1, 0.15) is 18.4 Å². The summed E-state index contributed by atoms with van der Waals surface area (Å²) >= 11 is 2.38. The molecule has 228 valence electrons. The first-order valence-electron chi connectivity index (χ1n) is 13.1. The minimum atomic E-state index is -1.34. The molecule has 1 aromatic heterocycles. The maximum Gasteiger partial charge on any atom is 0.303 e. The van der Waals surface area contributed by atoms with Crippen molar-refractivity contribution in [3.63, 3.8) is 0 Å². The van der Waals surface area contributed by atoms with Crippen LogP contribution in [-0.4, -0.2) is 71.4 Å². The molecule has 0 aliphatic carbocycles. The summed E-state index contributed by atoms with van der Waals surface area (Å²) in [6, 6.07) is 10.9. The third-order valence-corrected chi connectivity index (χ3v) is 8.03. The number of amidine groups is 1. The first-order valence-corrected chi connectivity index (χ1v) is 14.9. The number of thiophene rings is 1. The maximum atomic E-state index is 13.7. The quantitative estimate of drug-likeness (QED) is 0.239. The van der Waals surface area contributed by atoms with Crippen LogP contribution in [0.5, 0.6) is 0 Å². The highest BCUT2D eigenvalue weighted by molar-refractivity contribution is 8.14. The number of carbonyl (C=O) groups excluding carboxylic acids is 5.